The predicted molar refractivity (Wildman–Crippen MR) is 82.2 cm³/mol. The molecule has 1 aromatic heterocycles. The lowest BCUT2D eigenvalue weighted by Gasteiger charge is -2.18. The van der Waals surface area contributed by atoms with Crippen molar-refractivity contribution >= 4 is 22.7 Å². The lowest BCUT2D eigenvalue weighted by Crippen LogP contribution is -2.30. The summed E-state index contributed by atoms with van der Waals surface area (Å²) in [7, 11) is 0. The molecule has 0 bridgehead atoms. The molecule has 2 nitrogen and oxygen atoms in total. The summed E-state index contributed by atoms with van der Waals surface area (Å²) in [6.07, 6.45) is 4.85. The molecule has 1 N–H and O–H groups in total. The highest BCUT2D eigenvalue weighted by Crippen LogP contribution is 2.24. The van der Waals surface area contributed by atoms with Gasteiger partial charge in [-0.05, 0) is 36.4 Å². The van der Waals surface area contributed by atoms with Crippen LogP contribution in [-0.2, 0) is 6.42 Å². The first kappa shape index (κ1) is 15.3. The van der Waals surface area contributed by atoms with E-state index in [0.29, 0.717) is 19.6 Å². The zero-order valence-corrected chi connectivity index (χ0v) is 12.5. The minimum atomic E-state index is -0.426. The van der Waals surface area contributed by atoms with Gasteiger partial charge in [0, 0.05) is 41.6 Å². The van der Waals surface area contributed by atoms with Crippen LogP contribution >= 0.6 is 11.8 Å². The molecule has 0 amide bonds. The van der Waals surface area contributed by atoms with E-state index in [1.165, 1.54) is 15.8 Å². The summed E-state index contributed by atoms with van der Waals surface area (Å²) in [4.78, 5) is 6.31. The van der Waals surface area contributed by atoms with Crippen molar-refractivity contribution in [3.05, 3.63) is 30.0 Å². The number of thioether (sulfide) groups is 1. The lowest BCUT2D eigenvalue weighted by molar-refractivity contribution is 0.230. The van der Waals surface area contributed by atoms with Gasteiger partial charge in [-0.2, -0.15) is 0 Å². The van der Waals surface area contributed by atoms with E-state index in [1.807, 2.05) is 11.1 Å². The highest BCUT2D eigenvalue weighted by molar-refractivity contribution is 7.98. The zero-order chi connectivity index (χ0) is 14.4. The number of nitrogens with one attached hydrogen (secondary N) is 1. The summed E-state index contributed by atoms with van der Waals surface area (Å²) in [5.74, 6) is 0. The van der Waals surface area contributed by atoms with Gasteiger partial charge in [0.05, 0.1) is 0 Å². The molecule has 2 rings (SSSR count). The fraction of sp³-hybridized carbons (Fsp3) is 0.467. The number of nitrogens with zero attached hydrogens (tertiary/aromatic N) is 1. The summed E-state index contributed by atoms with van der Waals surface area (Å²) in [5.41, 5.74) is 2.32. The molecule has 0 radical (unpaired) electrons. The van der Waals surface area contributed by atoms with Crippen molar-refractivity contribution in [1.82, 2.24) is 9.88 Å². The molecule has 5 heteroatoms. The monoisotopic (exact) mass is 298 g/mol. The summed E-state index contributed by atoms with van der Waals surface area (Å²) in [6.45, 7) is 0.448. The van der Waals surface area contributed by atoms with E-state index in [4.69, 9.17) is 0 Å². The van der Waals surface area contributed by atoms with E-state index >= 15 is 0 Å². The van der Waals surface area contributed by atoms with Gasteiger partial charge in [0.1, 0.15) is 13.3 Å². The highest BCUT2D eigenvalue weighted by atomic mass is 32.2. The van der Waals surface area contributed by atoms with Crippen LogP contribution in [0.5, 0.6) is 0 Å². The fourth-order valence-electron chi connectivity index (χ4n) is 2.34. The van der Waals surface area contributed by atoms with Gasteiger partial charge < -0.3 is 4.98 Å². The van der Waals surface area contributed by atoms with E-state index in [1.54, 1.807) is 11.8 Å². The van der Waals surface area contributed by atoms with Crippen LogP contribution in [0.2, 0.25) is 0 Å². The molecule has 0 fully saturated rings. The molecule has 0 unspecified atom stereocenters. The number of halogens is 2. The first-order valence-corrected chi connectivity index (χ1v) is 7.99. The summed E-state index contributed by atoms with van der Waals surface area (Å²) in [5, 5.41) is 1.21. The second kappa shape index (κ2) is 7.64. The molecule has 0 saturated carbocycles. The van der Waals surface area contributed by atoms with Crippen LogP contribution < -0.4 is 0 Å². The minimum absolute atomic E-state index is 0.308. The number of benzene rings is 1. The van der Waals surface area contributed by atoms with Crippen LogP contribution in [0.4, 0.5) is 8.78 Å². The zero-order valence-electron chi connectivity index (χ0n) is 11.7. The second-order valence-electron chi connectivity index (χ2n) is 4.70. The SMILES string of the molecule is CSc1ccc2[nH]cc(CCN(CCF)CCF)c2c1. The molecule has 20 heavy (non-hydrogen) atoms. The Morgan fingerprint density at radius 1 is 1.15 bits per heavy atom. The maximum atomic E-state index is 12.4. The third kappa shape index (κ3) is 3.73. The van der Waals surface area contributed by atoms with Crippen LogP contribution in [0.3, 0.4) is 0 Å². The fourth-order valence-corrected chi connectivity index (χ4v) is 2.78. The average Bonchev–Trinajstić information content (AvgIpc) is 2.87. The van der Waals surface area contributed by atoms with E-state index in [0.717, 1.165) is 11.9 Å². The normalized spacial score (nSPS) is 11.6. The van der Waals surface area contributed by atoms with Crippen LogP contribution in [0.15, 0.2) is 29.3 Å². The highest BCUT2D eigenvalue weighted by Gasteiger charge is 2.08. The van der Waals surface area contributed by atoms with Crippen molar-refractivity contribution in [2.24, 2.45) is 0 Å². The van der Waals surface area contributed by atoms with Crippen molar-refractivity contribution in [1.29, 1.82) is 0 Å². The quantitative estimate of drug-likeness (QED) is 0.750. The Bertz CT molecular complexity index is 536. The number of aromatic amines is 1. The number of hydrogen-bond donors (Lipinski definition) is 1. The third-order valence-corrected chi connectivity index (χ3v) is 4.20. The minimum Gasteiger partial charge on any atom is -0.361 e. The Hall–Kier alpha value is -1.07. The van der Waals surface area contributed by atoms with Gasteiger partial charge in [-0.1, -0.05) is 0 Å². The number of hydrogen-bond acceptors (Lipinski definition) is 2. The molecular weight excluding hydrogens is 278 g/mol. The number of alkyl halides is 2. The van der Waals surface area contributed by atoms with Crippen molar-refractivity contribution in [3.8, 4) is 0 Å². The number of H-pyrrole nitrogens is 1. The Morgan fingerprint density at radius 2 is 1.90 bits per heavy atom. The topological polar surface area (TPSA) is 19.0 Å². The lowest BCUT2D eigenvalue weighted by atomic mass is 10.1. The Morgan fingerprint density at radius 3 is 2.55 bits per heavy atom. The van der Waals surface area contributed by atoms with Crippen LogP contribution in [0.1, 0.15) is 5.56 Å². The Balaban J connectivity index is 2.08. The van der Waals surface area contributed by atoms with Gasteiger partial charge in [0.2, 0.25) is 0 Å². The standard InChI is InChI=1S/C15H20F2N2S/c1-20-13-2-3-15-14(10-13)12(11-18-15)4-7-19(8-5-16)9-6-17/h2-3,10-11,18H,4-9H2,1H3. The third-order valence-electron chi connectivity index (χ3n) is 3.47. The van der Waals surface area contributed by atoms with Gasteiger partial charge in [-0.15, -0.1) is 11.8 Å². The molecule has 0 atom stereocenters. The smallest absolute Gasteiger partial charge is 0.102 e. The van der Waals surface area contributed by atoms with Gasteiger partial charge in [-0.25, -0.2) is 8.78 Å². The summed E-state index contributed by atoms with van der Waals surface area (Å²) >= 11 is 1.71. The van der Waals surface area contributed by atoms with Crippen molar-refractivity contribution in [2.45, 2.75) is 11.3 Å². The molecule has 110 valence electrons. The molecule has 0 saturated heterocycles. The molecule has 0 aliphatic heterocycles. The first-order chi connectivity index (χ1) is 9.78. The van der Waals surface area contributed by atoms with E-state index in [2.05, 4.69) is 29.4 Å². The van der Waals surface area contributed by atoms with E-state index < -0.39 is 13.3 Å². The van der Waals surface area contributed by atoms with Gasteiger partial charge in [0.25, 0.3) is 0 Å². The van der Waals surface area contributed by atoms with Crippen LogP contribution in [0, 0.1) is 0 Å². The van der Waals surface area contributed by atoms with Crippen molar-refractivity contribution in [3.63, 3.8) is 0 Å². The number of rotatable bonds is 8. The Kier molecular flexibility index (Phi) is 5.86. The average molecular weight is 298 g/mol. The summed E-state index contributed by atoms with van der Waals surface area (Å²) in [6, 6.07) is 6.33. The number of aromatic nitrogens is 1. The Labute approximate surface area is 122 Å². The molecule has 1 heterocycles. The largest absolute Gasteiger partial charge is 0.361 e. The second-order valence-corrected chi connectivity index (χ2v) is 5.57. The predicted octanol–water partition coefficient (Wildman–Crippen LogP) is 3.67. The van der Waals surface area contributed by atoms with E-state index in [9.17, 15) is 8.78 Å². The molecule has 1 aromatic carbocycles. The van der Waals surface area contributed by atoms with Crippen molar-refractivity contribution in [2.75, 3.05) is 39.2 Å². The van der Waals surface area contributed by atoms with Gasteiger partial charge in [0.15, 0.2) is 0 Å². The van der Waals surface area contributed by atoms with Gasteiger partial charge in [-0.3, -0.25) is 4.90 Å². The molecule has 0 aliphatic rings. The molecule has 2 aromatic rings. The maximum absolute atomic E-state index is 12.4. The number of fused-ring (bicyclic) bond motifs is 1. The molecular formula is C15H20F2N2S. The van der Waals surface area contributed by atoms with Gasteiger partial charge >= 0.3 is 0 Å². The van der Waals surface area contributed by atoms with E-state index in [-0.39, 0.29) is 0 Å². The molecule has 0 aliphatic carbocycles. The maximum Gasteiger partial charge on any atom is 0.102 e. The van der Waals surface area contributed by atoms with Crippen LogP contribution in [0.25, 0.3) is 10.9 Å². The van der Waals surface area contributed by atoms with Crippen molar-refractivity contribution < 1.29 is 8.78 Å². The van der Waals surface area contributed by atoms with Crippen LogP contribution in [-0.4, -0.2) is 49.1 Å². The molecule has 0 spiro atoms. The summed E-state index contributed by atoms with van der Waals surface area (Å²) < 4.78 is 24.8. The first-order valence-electron chi connectivity index (χ1n) is 6.76.